The zero-order chi connectivity index (χ0) is 8.55. The summed E-state index contributed by atoms with van der Waals surface area (Å²) >= 11 is 0. The summed E-state index contributed by atoms with van der Waals surface area (Å²) in [4.78, 5) is 12.8. The molecule has 0 aromatic heterocycles. The molecule has 2 fully saturated rings. The Hall–Kier alpha value is -1.03. The van der Waals surface area contributed by atoms with E-state index in [0.29, 0.717) is 13.1 Å². The van der Waals surface area contributed by atoms with Crippen molar-refractivity contribution in [2.24, 2.45) is 0 Å². The number of rotatable bonds is 2. The van der Waals surface area contributed by atoms with Crippen molar-refractivity contribution in [3.63, 3.8) is 0 Å². The largest absolute Gasteiger partial charge is 0.445 e. The fraction of sp³-hybridized carbons (Fsp3) is 0.625. The predicted octanol–water partition coefficient (Wildman–Crippen LogP) is 0.392. The van der Waals surface area contributed by atoms with Crippen molar-refractivity contribution in [3.8, 4) is 0 Å². The molecule has 2 saturated heterocycles. The summed E-state index contributed by atoms with van der Waals surface area (Å²) in [5, 5.41) is 0. The van der Waals surface area contributed by atoms with Crippen molar-refractivity contribution in [2.45, 2.75) is 12.2 Å². The van der Waals surface area contributed by atoms with Crippen LogP contribution >= 0.6 is 0 Å². The second-order valence-electron chi connectivity index (χ2n) is 2.98. The Bertz CT molecular complexity index is 206. The lowest BCUT2D eigenvalue weighted by Gasteiger charge is -2.15. The third-order valence-electron chi connectivity index (χ3n) is 2.07. The molecular formula is C8H11NO3. The molecule has 2 heterocycles. The number of morpholine rings is 1. The summed E-state index contributed by atoms with van der Waals surface area (Å²) in [5.41, 5.74) is 0. The Morgan fingerprint density at radius 3 is 2.92 bits per heavy atom. The van der Waals surface area contributed by atoms with Gasteiger partial charge in [-0.2, -0.15) is 0 Å². The molecule has 0 N–H and O–H groups in total. The molecule has 0 saturated carbocycles. The van der Waals surface area contributed by atoms with E-state index in [4.69, 9.17) is 9.47 Å². The van der Waals surface area contributed by atoms with E-state index in [0.717, 1.165) is 0 Å². The maximum atomic E-state index is 11.2. The lowest BCUT2D eigenvalue weighted by Crippen LogP contribution is -2.32. The molecule has 0 radical (unpaired) electrons. The number of amides is 1. The average Bonchev–Trinajstić information content (AvgIpc) is 2.69. The molecule has 2 aliphatic heterocycles. The van der Waals surface area contributed by atoms with Gasteiger partial charge >= 0.3 is 6.09 Å². The van der Waals surface area contributed by atoms with Crippen molar-refractivity contribution in [2.75, 3.05) is 19.7 Å². The number of hydrogen-bond donors (Lipinski definition) is 0. The molecule has 12 heavy (non-hydrogen) atoms. The Labute approximate surface area is 70.7 Å². The topological polar surface area (TPSA) is 42.1 Å². The first-order valence-electron chi connectivity index (χ1n) is 3.99. The smallest absolute Gasteiger partial charge is 0.410 e. The van der Waals surface area contributed by atoms with Gasteiger partial charge in [0.25, 0.3) is 0 Å². The number of carbonyl (C=O) groups is 1. The molecule has 4 heteroatoms. The van der Waals surface area contributed by atoms with E-state index < -0.39 is 0 Å². The van der Waals surface area contributed by atoms with Crippen LogP contribution in [0.2, 0.25) is 0 Å². The molecule has 4 nitrogen and oxygen atoms in total. The Morgan fingerprint density at radius 2 is 2.33 bits per heavy atom. The summed E-state index contributed by atoms with van der Waals surface area (Å²) in [7, 11) is 0. The second kappa shape index (κ2) is 2.79. The highest BCUT2D eigenvalue weighted by atomic mass is 16.6. The number of ether oxygens (including phenoxy) is 2. The lowest BCUT2D eigenvalue weighted by molar-refractivity contribution is 0.105. The summed E-state index contributed by atoms with van der Waals surface area (Å²) < 4.78 is 10.0. The van der Waals surface area contributed by atoms with Gasteiger partial charge in [-0.05, 0) is 0 Å². The van der Waals surface area contributed by atoms with Crippen molar-refractivity contribution in [3.05, 3.63) is 12.7 Å². The van der Waals surface area contributed by atoms with Gasteiger partial charge < -0.3 is 14.4 Å². The quantitative estimate of drug-likeness (QED) is 0.443. The van der Waals surface area contributed by atoms with E-state index in [2.05, 4.69) is 6.58 Å². The summed E-state index contributed by atoms with van der Waals surface area (Å²) in [6.45, 7) is 5.11. The highest BCUT2D eigenvalue weighted by Crippen LogP contribution is 2.30. The fourth-order valence-electron chi connectivity index (χ4n) is 1.38. The summed E-state index contributed by atoms with van der Waals surface area (Å²) in [6, 6.07) is 0. The number of carbonyl (C=O) groups excluding carboxylic acids is 1. The van der Waals surface area contributed by atoms with Crippen LogP contribution < -0.4 is 0 Å². The number of fused-ring (bicyclic) bond motifs is 1. The molecule has 0 aromatic rings. The van der Waals surface area contributed by atoms with Crippen LogP contribution in [0.3, 0.4) is 0 Å². The van der Waals surface area contributed by atoms with Crippen molar-refractivity contribution in [1.29, 1.82) is 0 Å². The van der Waals surface area contributed by atoms with Crippen LogP contribution in [0.5, 0.6) is 0 Å². The maximum Gasteiger partial charge on any atom is 0.410 e. The SMILES string of the molecule is C=CCOC(=O)N1CC2OC2C1. The Morgan fingerprint density at radius 1 is 1.67 bits per heavy atom. The molecule has 0 bridgehead atoms. The normalized spacial score (nSPS) is 31.2. The second-order valence-corrected chi connectivity index (χ2v) is 2.98. The van der Waals surface area contributed by atoms with Crippen LogP contribution in [0.4, 0.5) is 4.79 Å². The summed E-state index contributed by atoms with van der Waals surface area (Å²) in [5.74, 6) is 0. The average molecular weight is 169 g/mol. The monoisotopic (exact) mass is 169 g/mol. The minimum atomic E-state index is -0.259. The minimum absolute atomic E-state index is 0.259. The van der Waals surface area contributed by atoms with Gasteiger partial charge in [0.2, 0.25) is 0 Å². The molecule has 2 atom stereocenters. The van der Waals surface area contributed by atoms with Crippen molar-refractivity contribution in [1.82, 2.24) is 4.90 Å². The Kier molecular flexibility index (Phi) is 1.77. The molecule has 66 valence electrons. The Balaban J connectivity index is 1.77. The standard InChI is InChI=1S/C8H11NO3/c1-2-3-11-8(10)9-4-6-7(5-9)12-6/h2,6-7H,1,3-5H2. The van der Waals surface area contributed by atoms with Gasteiger partial charge in [-0.25, -0.2) is 4.79 Å². The van der Waals surface area contributed by atoms with Crippen LogP contribution in [0.25, 0.3) is 0 Å². The molecule has 2 aliphatic rings. The first kappa shape index (κ1) is 7.61. The lowest BCUT2D eigenvalue weighted by atomic mass is 10.4. The van der Waals surface area contributed by atoms with Crippen LogP contribution in [0.1, 0.15) is 0 Å². The molecule has 0 aromatic carbocycles. The van der Waals surface area contributed by atoms with Gasteiger partial charge in [0.1, 0.15) is 18.8 Å². The zero-order valence-corrected chi connectivity index (χ0v) is 6.73. The van der Waals surface area contributed by atoms with E-state index in [1.165, 1.54) is 0 Å². The maximum absolute atomic E-state index is 11.2. The van der Waals surface area contributed by atoms with Gasteiger partial charge in [0, 0.05) is 0 Å². The van der Waals surface area contributed by atoms with Crippen LogP contribution in [0.15, 0.2) is 12.7 Å². The summed E-state index contributed by atoms with van der Waals surface area (Å²) in [6.07, 6.45) is 1.86. The van der Waals surface area contributed by atoms with Crippen molar-refractivity contribution < 1.29 is 14.3 Å². The number of hydrogen-bond acceptors (Lipinski definition) is 3. The first-order chi connectivity index (χ1) is 5.81. The van der Waals surface area contributed by atoms with E-state index in [-0.39, 0.29) is 24.9 Å². The highest BCUT2D eigenvalue weighted by molar-refractivity contribution is 5.68. The van der Waals surface area contributed by atoms with E-state index in [1.54, 1.807) is 11.0 Å². The number of likely N-dealkylation sites (tertiary alicyclic amines) is 1. The number of epoxide rings is 1. The predicted molar refractivity (Wildman–Crippen MR) is 41.8 cm³/mol. The molecule has 2 rings (SSSR count). The number of nitrogens with zero attached hydrogens (tertiary/aromatic N) is 1. The molecular weight excluding hydrogens is 158 g/mol. The van der Waals surface area contributed by atoms with Crippen LogP contribution in [-0.2, 0) is 9.47 Å². The third-order valence-corrected chi connectivity index (χ3v) is 2.07. The molecule has 2 unspecified atom stereocenters. The molecule has 0 aliphatic carbocycles. The van der Waals surface area contributed by atoms with Crippen LogP contribution in [-0.4, -0.2) is 42.9 Å². The van der Waals surface area contributed by atoms with Gasteiger partial charge in [0.15, 0.2) is 0 Å². The van der Waals surface area contributed by atoms with E-state index in [1.807, 2.05) is 0 Å². The van der Waals surface area contributed by atoms with Gasteiger partial charge in [-0.15, -0.1) is 0 Å². The molecule has 1 amide bonds. The minimum Gasteiger partial charge on any atom is -0.445 e. The molecule has 0 spiro atoms. The van der Waals surface area contributed by atoms with Gasteiger partial charge in [-0.1, -0.05) is 12.7 Å². The van der Waals surface area contributed by atoms with E-state index in [9.17, 15) is 4.79 Å². The first-order valence-corrected chi connectivity index (χ1v) is 3.99. The van der Waals surface area contributed by atoms with Gasteiger partial charge in [-0.3, -0.25) is 0 Å². The highest BCUT2D eigenvalue weighted by Gasteiger charge is 2.49. The zero-order valence-electron chi connectivity index (χ0n) is 6.73. The van der Waals surface area contributed by atoms with Gasteiger partial charge in [0.05, 0.1) is 13.1 Å². The fourth-order valence-corrected chi connectivity index (χ4v) is 1.38. The van der Waals surface area contributed by atoms with Crippen LogP contribution in [0, 0.1) is 0 Å². The van der Waals surface area contributed by atoms with Crippen molar-refractivity contribution >= 4 is 6.09 Å². The van der Waals surface area contributed by atoms with E-state index >= 15 is 0 Å². The third kappa shape index (κ3) is 1.30.